The van der Waals surface area contributed by atoms with Crippen molar-refractivity contribution in [3.8, 4) is 0 Å². The first kappa shape index (κ1) is 25.8. The normalized spacial score (nSPS) is 30.9. The van der Waals surface area contributed by atoms with Crippen LogP contribution in [0.25, 0.3) is 0 Å². The Kier molecular flexibility index (Phi) is 7.07. The summed E-state index contributed by atoms with van der Waals surface area (Å²) < 4.78 is -0.719. The van der Waals surface area contributed by atoms with Crippen LogP contribution < -0.4 is 10.6 Å². The summed E-state index contributed by atoms with van der Waals surface area (Å²) in [6.07, 6.45) is 1.20. The van der Waals surface area contributed by atoms with Gasteiger partial charge in [-0.15, -0.1) is 11.8 Å². The van der Waals surface area contributed by atoms with Crippen molar-refractivity contribution in [2.45, 2.75) is 61.7 Å². The van der Waals surface area contributed by atoms with Gasteiger partial charge in [-0.3, -0.25) is 14.4 Å². The number of anilines is 1. The second kappa shape index (κ2) is 10.1. The van der Waals surface area contributed by atoms with Crippen molar-refractivity contribution in [1.29, 1.82) is 0 Å². The Hall–Kier alpha value is -2.84. The number of fused-ring (bicyclic) bond motifs is 1. The minimum absolute atomic E-state index is 0.0362. The van der Waals surface area contributed by atoms with Crippen molar-refractivity contribution in [2.75, 3.05) is 11.9 Å². The summed E-state index contributed by atoms with van der Waals surface area (Å²) in [5, 5.41) is 16.5. The molecule has 3 saturated heterocycles. The second-order valence-electron chi connectivity index (χ2n) is 10.8. The summed E-state index contributed by atoms with van der Waals surface area (Å²) in [5.74, 6) is -1.67. The van der Waals surface area contributed by atoms with E-state index in [-0.39, 0.29) is 41.5 Å². The van der Waals surface area contributed by atoms with Crippen LogP contribution >= 0.6 is 11.8 Å². The van der Waals surface area contributed by atoms with Crippen molar-refractivity contribution >= 4 is 35.2 Å². The average molecular weight is 522 g/mol. The molecular weight excluding hydrogens is 486 g/mol. The number of aliphatic hydroxyl groups excluding tert-OH is 1. The maximum Gasteiger partial charge on any atom is 0.244 e. The second-order valence-corrected chi connectivity index (χ2v) is 12.4. The molecule has 0 aliphatic carbocycles. The Morgan fingerprint density at radius 2 is 1.73 bits per heavy atom. The fraction of sp³-hybridized carbons (Fsp3) is 0.483. The van der Waals surface area contributed by atoms with Gasteiger partial charge in [0.25, 0.3) is 0 Å². The van der Waals surface area contributed by atoms with Gasteiger partial charge >= 0.3 is 0 Å². The van der Waals surface area contributed by atoms with E-state index >= 15 is 0 Å². The van der Waals surface area contributed by atoms with Crippen LogP contribution in [-0.4, -0.2) is 62.5 Å². The van der Waals surface area contributed by atoms with Gasteiger partial charge in [-0.25, -0.2) is 0 Å². The molecule has 37 heavy (non-hydrogen) atoms. The van der Waals surface area contributed by atoms with E-state index in [4.69, 9.17) is 0 Å². The Labute approximate surface area is 222 Å². The number of hydrogen-bond acceptors (Lipinski definition) is 5. The first-order valence-corrected chi connectivity index (χ1v) is 14.0. The van der Waals surface area contributed by atoms with Crippen molar-refractivity contribution in [3.63, 3.8) is 0 Å². The van der Waals surface area contributed by atoms with E-state index in [9.17, 15) is 19.5 Å². The summed E-state index contributed by atoms with van der Waals surface area (Å²) in [6.45, 7) is 5.64. The molecule has 3 fully saturated rings. The third kappa shape index (κ3) is 4.34. The van der Waals surface area contributed by atoms with Crippen LogP contribution in [0.2, 0.25) is 0 Å². The minimum Gasteiger partial charge on any atom is -0.394 e. The molecule has 0 radical (unpaired) electrons. The molecule has 7 nitrogen and oxygen atoms in total. The molecule has 3 aliphatic rings. The molecule has 196 valence electrons. The number of carbonyl (C=O) groups excluding carboxylic acids is 3. The maximum absolute atomic E-state index is 14.3. The molecule has 3 N–H and O–H groups in total. The van der Waals surface area contributed by atoms with E-state index in [0.717, 1.165) is 12.0 Å². The zero-order valence-electron chi connectivity index (χ0n) is 21.5. The van der Waals surface area contributed by atoms with Gasteiger partial charge in [-0.2, -0.15) is 0 Å². The molecule has 8 heteroatoms. The number of nitrogens with zero attached hydrogens (tertiary/aromatic N) is 1. The lowest BCUT2D eigenvalue weighted by atomic mass is 9.65. The number of carbonyl (C=O) groups is 3. The SMILES string of the molecule is CC(C)NC(=O)C1N([C@@H](CO)Cc2ccccc2)C(=O)[C@@H]2[C@@H](C(=O)Nc3ccccc3)[C@H]3CC(C)C12S3. The topological polar surface area (TPSA) is 98.7 Å². The van der Waals surface area contributed by atoms with Gasteiger partial charge in [0.05, 0.1) is 29.2 Å². The monoisotopic (exact) mass is 521 g/mol. The van der Waals surface area contributed by atoms with E-state index in [1.807, 2.05) is 74.5 Å². The highest BCUT2D eigenvalue weighted by atomic mass is 32.2. The van der Waals surface area contributed by atoms with Crippen LogP contribution in [0.5, 0.6) is 0 Å². The predicted octanol–water partition coefficient (Wildman–Crippen LogP) is 3.09. The zero-order chi connectivity index (χ0) is 26.3. The molecule has 1 spiro atoms. The molecule has 7 atom stereocenters. The first-order valence-electron chi connectivity index (χ1n) is 13.1. The molecule has 3 unspecified atom stereocenters. The van der Waals surface area contributed by atoms with E-state index in [1.54, 1.807) is 16.7 Å². The highest BCUT2D eigenvalue weighted by Gasteiger charge is 2.76. The molecule has 3 aliphatic heterocycles. The highest BCUT2D eigenvalue weighted by molar-refractivity contribution is 8.02. The molecule has 2 bridgehead atoms. The summed E-state index contributed by atoms with van der Waals surface area (Å²) >= 11 is 1.64. The zero-order valence-corrected chi connectivity index (χ0v) is 22.3. The number of aliphatic hydroxyl groups is 1. The van der Waals surface area contributed by atoms with Crippen LogP contribution in [-0.2, 0) is 20.8 Å². The van der Waals surface area contributed by atoms with Crippen molar-refractivity contribution < 1.29 is 19.5 Å². The Morgan fingerprint density at radius 1 is 1.08 bits per heavy atom. The first-order chi connectivity index (χ1) is 17.8. The fourth-order valence-corrected chi connectivity index (χ4v) is 9.11. The molecule has 3 heterocycles. The van der Waals surface area contributed by atoms with E-state index in [1.165, 1.54) is 0 Å². The van der Waals surface area contributed by atoms with E-state index in [2.05, 4.69) is 17.6 Å². The number of nitrogens with one attached hydrogen (secondary N) is 2. The third-order valence-electron chi connectivity index (χ3n) is 8.13. The van der Waals surface area contributed by atoms with Crippen LogP contribution in [0.4, 0.5) is 5.69 Å². The minimum atomic E-state index is -0.757. The largest absolute Gasteiger partial charge is 0.394 e. The van der Waals surface area contributed by atoms with Gasteiger partial charge in [-0.1, -0.05) is 55.5 Å². The Bertz CT molecular complexity index is 1160. The number of amides is 3. The highest BCUT2D eigenvalue weighted by Crippen LogP contribution is 2.68. The van der Waals surface area contributed by atoms with Gasteiger partial charge in [0, 0.05) is 17.0 Å². The number of para-hydroxylation sites is 1. The van der Waals surface area contributed by atoms with Gasteiger partial charge < -0.3 is 20.6 Å². The smallest absolute Gasteiger partial charge is 0.244 e. The summed E-state index contributed by atoms with van der Waals surface area (Å²) in [4.78, 5) is 43.4. The Balaban J connectivity index is 1.54. The molecular formula is C29H35N3O4S. The molecule has 3 amide bonds. The Morgan fingerprint density at radius 3 is 2.35 bits per heavy atom. The molecule has 2 aromatic carbocycles. The predicted molar refractivity (Wildman–Crippen MR) is 145 cm³/mol. The number of thioether (sulfide) groups is 1. The van der Waals surface area contributed by atoms with Crippen molar-refractivity contribution in [2.24, 2.45) is 17.8 Å². The molecule has 0 saturated carbocycles. The standard InChI is InChI=1S/C29H35N3O4S/c1-17(2)30-27(35)25-29-18(3)14-22(37-29)23(26(34)31-20-12-8-5-9-13-20)24(29)28(36)32(25)21(16-33)15-19-10-6-4-7-11-19/h4-13,17-18,21-25,33H,14-16H2,1-3H3,(H,30,35)(H,31,34)/t18?,21-,22-,23+,24+,25?,29?/m1/s1. The van der Waals surface area contributed by atoms with Crippen molar-refractivity contribution in [1.82, 2.24) is 10.2 Å². The lowest BCUT2D eigenvalue weighted by Crippen LogP contribution is -2.59. The number of hydrogen-bond donors (Lipinski definition) is 3. The number of likely N-dealkylation sites (tertiary alicyclic amines) is 1. The van der Waals surface area contributed by atoms with Crippen LogP contribution in [0.15, 0.2) is 60.7 Å². The van der Waals surface area contributed by atoms with Gasteiger partial charge in [0.15, 0.2) is 0 Å². The summed E-state index contributed by atoms with van der Waals surface area (Å²) in [7, 11) is 0. The molecule has 5 rings (SSSR count). The average Bonchev–Trinajstić information content (AvgIpc) is 3.47. The summed E-state index contributed by atoms with van der Waals surface area (Å²) in [5.41, 5.74) is 1.67. The van der Waals surface area contributed by atoms with Crippen molar-refractivity contribution in [3.05, 3.63) is 66.2 Å². The van der Waals surface area contributed by atoms with Crippen LogP contribution in [0.1, 0.15) is 32.8 Å². The van der Waals surface area contributed by atoms with Gasteiger partial charge in [0.1, 0.15) is 6.04 Å². The van der Waals surface area contributed by atoms with Crippen LogP contribution in [0.3, 0.4) is 0 Å². The summed E-state index contributed by atoms with van der Waals surface area (Å²) in [6, 6.07) is 17.6. The lowest BCUT2D eigenvalue weighted by molar-refractivity contribution is -0.142. The lowest BCUT2D eigenvalue weighted by Gasteiger charge is -2.40. The van der Waals surface area contributed by atoms with Gasteiger partial charge in [-0.05, 0) is 50.3 Å². The van der Waals surface area contributed by atoms with E-state index < -0.39 is 28.7 Å². The third-order valence-corrected chi connectivity index (χ3v) is 10.2. The molecule has 0 aromatic heterocycles. The van der Waals surface area contributed by atoms with Crippen LogP contribution in [0, 0.1) is 17.8 Å². The van der Waals surface area contributed by atoms with E-state index in [0.29, 0.717) is 12.1 Å². The molecule has 2 aromatic rings. The number of benzene rings is 2. The quantitative estimate of drug-likeness (QED) is 0.496. The van der Waals surface area contributed by atoms with Gasteiger partial charge in [0.2, 0.25) is 17.7 Å². The maximum atomic E-state index is 14.3. The fourth-order valence-electron chi connectivity index (χ4n) is 6.70. The number of rotatable bonds is 8.